The van der Waals surface area contributed by atoms with E-state index in [2.05, 4.69) is 12.1 Å². The minimum absolute atomic E-state index is 0.540. The summed E-state index contributed by atoms with van der Waals surface area (Å²) in [5.74, 6) is 1.08. The van der Waals surface area contributed by atoms with Crippen molar-refractivity contribution in [1.82, 2.24) is 0 Å². The van der Waals surface area contributed by atoms with Crippen molar-refractivity contribution in [3.05, 3.63) is 45.5 Å². The number of hydrogen-bond donors (Lipinski definition) is 1. The average molecular weight is 384 g/mol. The van der Waals surface area contributed by atoms with Gasteiger partial charge in [0.15, 0.2) is 0 Å². The number of fused-ring (bicyclic) bond motifs is 7. The Labute approximate surface area is 160 Å². The third-order valence-electron chi connectivity index (χ3n) is 6.24. The number of phosphoric acid groups is 1. The fourth-order valence-corrected chi connectivity index (χ4v) is 6.05. The molecule has 27 heavy (non-hydrogen) atoms. The molecule has 0 bridgehead atoms. The molecular weight excluding hydrogens is 359 g/mol. The highest BCUT2D eigenvalue weighted by atomic mass is 31.2. The zero-order chi connectivity index (χ0) is 18.8. The number of rotatable bonds is 0. The number of benzene rings is 2. The van der Waals surface area contributed by atoms with Crippen LogP contribution < -0.4 is 9.05 Å². The van der Waals surface area contributed by atoms with Crippen LogP contribution >= 0.6 is 7.82 Å². The lowest BCUT2D eigenvalue weighted by Crippen LogP contribution is -2.10. The standard InChI is InChI=1S/C22H25O4P/c1-13-11-15-7-3-5-9-17(15)19-20-18-10-6-4-8-16(18)12-14(2)22(20)26-27(23,24)25-21(13)19/h11-12H,3-10H2,1-2H3,(H,23,24). The maximum Gasteiger partial charge on any atom is 0.584 e. The fraction of sp³-hybridized carbons (Fsp3) is 0.455. The van der Waals surface area contributed by atoms with E-state index >= 15 is 0 Å². The van der Waals surface area contributed by atoms with Crippen LogP contribution in [0, 0.1) is 13.8 Å². The zero-order valence-corrected chi connectivity index (χ0v) is 16.8. The highest BCUT2D eigenvalue weighted by Crippen LogP contribution is 2.58. The minimum Gasteiger partial charge on any atom is -0.394 e. The third kappa shape index (κ3) is 2.73. The minimum atomic E-state index is -4.22. The van der Waals surface area contributed by atoms with Crippen LogP contribution in [-0.2, 0) is 30.2 Å². The first-order valence-electron chi connectivity index (χ1n) is 9.97. The highest BCUT2D eigenvalue weighted by molar-refractivity contribution is 7.48. The zero-order valence-electron chi connectivity index (χ0n) is 15.9. The van der Waals surface area contributed by atoms with Gasteiger partial charge in [-0.3, -0.25) is 4.89 Å². The lowest BCUT2D eigenvalue weighted by atomic mass is 9.78. The molecule has 4 nitrogen and oxygen atoms in total. The van der Waals surface area contributed by atoms with Crippen molar-refractivity contribution in [3.8, 4) is 22.6 Å². The van der Waals surface area contributed by atoms with Gasteiger partial charge in [-0.2, -0.15) is 0 Å². The van der Waals surface area contributed by atoms with Gasteiger partial charge < -0.3 is 9.05 Å². The van der Waals surface area contributed by atoms with Crippen molar-refractivity contribution >= 4 is 7.82 Å². The van der Waals surface area contributed by atoms with E-state index in [0.717, 1.165) is 60.8 Å². The fourth-order valence-electron chi connectivity index (χ4n) is 5.08. The summed E-state index contributed by atoms with van der Waals surface area (Å²) in [5, 5.41) is 0. The second-order valence-corrected chi connectivity index (χ2v) is 9.44. The van der Waals surface area contributed by atoms with Crippen molar-refractivity contribution < 1.29 is 18.5 Å². The maximum atomic E-state index is 12.7. The van der Waals surface area contributed by atoms with Crippen molar-refractivity contribution in [2.45, 2.75) is 65.2 Å². The molecule has 0 saturated heterocycles. The molecule has 0 unspecified atom stereocenters. The Morgan fingerprint density at radius 1 is 0.778 bits per heavy atom. The molecule has 142 valence electrons. The van der Waals surface area contributed by atoms with Crippen molar-refractivity contribution in [3.63, 3.8) is 0 Å². The molecule has 0 fully saturated rings. The van der Waals surface area contributed by atoms with E-state index in [4.69, 9.17) is 9.05 Å². The predicted octanol–water partition coefficient (Wildman–Crippen LogP) is 5.60. The van der Waals surface area contributed by atoms with E-state index < -0.39 is 7.82 Å². The van der Waals surface area contributed by atoms with E-state index in [1.807, 2.05) is 13.8 Å². The second kappa shape index (κ2) is 6.12. The summed E-state index contributed by atoms with van der Waals surface area (Å²) in [6.07, 6.45) is 8.76. The first kappa shape index (κ1) is 17.3. The van der Waals surface area contributed by atoms with Crippen molar-refractivity contribution in [2.24, 2.45) is 0 Å². The molecule has 0 radical (unpaired) electrons. The molecule has 3 aliphatic rings. The van der Waals surface area contributed by atoms with E-state index in [1.165, 1.54) is 35.1 Å². The van der Waals surface area contributed by atoms with Crippen LogP contribution in [0.2, 0.25) is 0 Å². The first-order valence-corrected chi connectivity index (χ1v) is 11.5. The van der Waals surface area contributed by atoms with Crippen molar-refractivity contribution in [2.75, 3.05) is 0 Å². The molecule has 1 aliphatic heterocycles. The smallest absolute Gasteiger partial charge is 0.394 e. The normalized spacial score (nSPS) is 19.5. The Hall–Kier alpha value is -1.77. The number of phosphoric ester groups is 1. The number of hydrogen-bond acceptors (Lipinski definition) is 3. The number of aryl methyl sites for hydroxylation is 4. The van der Waals surface area contributed by atoms with Crippen LogP contribution in [-0.4, -0.2) is 4.89 Å². The van der Waals surface area contributed by atoms with Gasteiger partial charge >= 0.3 is 7.82 Å². The molecule has 1 heterocycles. The van der Waals surface area contributed by atoms with Gasteiger partial charge in [0, 0.05) is 11.1 Å². The molecule has 0 aromatic heterocycles. The Bertz CT molecular complexity index is 931. The molecule has 5 heteroatoms. The van der Waals surface area contributed by atoms with E-state index in [1.54, 1.807) is 0 Å². The quantitative estimate of drug-likeness (QED) is 0.601. The monoisotopic (exact) mass is 384 g/mol. The summed E-state index contributed by atoms with van der Waals surface area (Å²) in [6, 6.07) is 4.28. The molecule has 0 saturated carbocycles. The molecule has 2 aromatic rings. The van der Waals surface area contributed by atoms with Gasteiger partial charge in [0.25, 0.3) is 0 Å². The van der Waals surface area contributed by atoms with Gasteiger partial charge in [-0.25, -0.2) is 4.57 Å². The maximum absolute atomic E-state index is 12.7. The Kier molecular flexibility index (Phi) is 3.93. The first-order chi connectivity index (χ1) is 12.9. The van der Waals surface area contributed by atoms with Crippen molar-refractivity contribution in [1.29, 1.82) is 0 Å². The summed E-state index contributed by atoms with van der Waals surface area (Å²) >= 11 is 0. The molecular formula is C22H25O4P. The van der Waals surface area contributed by atoms with E-state index in [9.17, 15) is 9.46 Å². The molecule has 2 aliphatic carbocycles. The van der Waals surface area contributed by atoms with Gasteiger partial charge in [0.2, 0.25) is 0 Å². The van der Waals surface area contributed by atoms with Crippen LogP contribution in [0.25, 0.3) is 11.1 Å². The third-order valence-corrected chi connectivity index (χ3v) is 7.07. The Morgan fingerprint density at radius 2 is 1.19 bits per heavy atom. The summed E-state index contributed by atoms with van der Waals surface area (Å²) in [6.45, 7) is 3.95. The Morgan fingerprint density at radius 3 is 1.63 bits per heavy atom. The lowest BCUT2D eigenvalue weighted by Gasteiger charge is -2.26. The summed E-state index contributed by atoms with van der Waals surface area (Å²) in [5.41, 5.74) is 9.16. The largest absolute Gasteiger partial charge is 0.584 e. The molecule has 0 amide bonds. The molecule has 1 N–H and O–H groups in total. The van der Waals surface area contributed by atoms with Crippen LogP contribution in [0.4, 0.5) is 0 Å². The second-order valence-electron chi connectivity index (χ2n) is 8.14. The van der Waals surface area contributed by atoms with Crippen LogP contribution in [0.5, 0.6) is 11.5 Å². The summed E-state index contributed by atoms with van der Waals surface area (Å²) in [7, 11) is -4.22. The van der Waals surface area contributed by atoms with Gasteiger partial charge in [0.1, 0.15) is 11.5 Å². The molecule has 2 aromatic carbocycles. The molecule has 5 rings (SSSR count). The van der Waals surface area contributed by atoms with Crippen LogP contribution in [0.3, 0.4) is 0 Å². The van der Waals surface area contributed by atoms with E-state index in [0.29, 0.717) is 11.5 Å². The highest BCUT2D eigenvalue weighted by Gasteiger charge is 2.38. The van der Waals surface area contributed by atoms with E-state index in [-0.39, 0.29) is 0 Å². The summed E-state index contributed by atoms with van der Waals surface area (Å²) in [4.78, 5) is 10.4. The summed E-state index contributed by atoms with van der Waals surface area (Å²) < 4.78 is 24.0. The lowest BCUT2D eigenvalue weighted by molar-refractivity contribution is 0.293. The Balaban J connectivity index is 1.93. The predicted molar refractivity (Wildman–Crippen MR) is 106 cm³/mol. The van der Waals surface area contributed by atoms with Gasteiger partial charge in [-0.1, -0.05) is 12.1 Å². The topological polar surface area (TPSA) is 55.8 Å². The SMILES string of the molecule is Cc1cc2c(c3c1OP(=O)(O)Oc1c(C)cc4c(c1-3)CCCC4)CCCC2. The van der Waals surface area contributed by atoms with Crippen LogP contribution in [0.15, 0.2) is 12.1 Å². The van der Waals surface area contributed by atoms with Gasteiger partial charge in [0.05, 0.1) is 0 Å². The van der Waals surface area contributed by atoms with Crippen LogP contribution in [0.1, 0.15) is 59.1 Å². The molecule has 0 atom stereocenters. The van der Waals surface area contributed by atoms with Gasteiger partial charge in [-0.15, -0.1) is 0 Å². The molecule has 0 spiro atoms. The average Bonchev–Trinajstić information content (AvgIpc) is 2.76. The van der Waals surface area contributed by atoms with Gasteiger partial charge in [-0.05, 0) is 98.6 Å².